The second kappa shape index (κ2) is 8.08. The topological polar surface area (TPSA) is 93.3 Å². The average molecular weight is 522 g/mol. The average Bonchev–Trinajstić information content (AvgIpc) is 2.95. The molecular weight excluding hydrogens is 504 g/mol. The van der Waals surface area contributed by atoms with Crippen LogP contribution in [0.5, 0.6) is 0 Å². The van der Waals surface area contributed by atoms with Crippen LogP contribution >= 0.6 is 31.9 Å². The Bertz CT molecular complexity index is 1230. The fraction of sp³-hybridized carbons (Fsp3) is 0.200. The lowest BCUT2D eigenvalue weighted by Gasteiger charge is -2.07. The van der Waals surface area contributed by atoms with Gasteiger partial charge in [0.15, 0.2) is 0 Å². The van der Waals surface area contributed by atoms with Gasteiger partial charge in [0, 0.05) is 26.9 Å². The van der Waals surface area contributed by atoms with Crippen molar-refractivity contribution in [1.29, 1.82) is 0 Å². The molecule has 9 heteroatoms. The number of hydrogen-bond donors (Lipinski definition) is 1. The summed E-state index contributed by atoms with van der Waals surface area (Å²) in [6.45, 7) is 7.33. The van der Waals surface area contributed by atoms with Crippen LogP contribution in [-0.4, -0.2) is 20.9 Å². The Morgan fingerprint density at radius 3 is 2.41 bits per heavy atom. The molecule has 0 saturated heterocycles. The first-order chi connectivity index (χ1) is 13.6. The van der Waals surface area contributed by atoms with Gasteiger partial charge < -0.3 is 0 Å². The number of halogens is 2. The molecule has 3 rings (SSSR count). The van der Waals surface area contributed by atoms with Crippen LogP contribution in [-0.2, 0) is 0 Å². The number of rotatable bonds is 4. The monoisotopic (exact) mass is 520 g/mol. The third-order valence-corrected chi connectivity index (χ3v) is 6.53. The van der Waals surface area contributed by atoms with E-state index in [2.05, 4.69) is 42.0 Å². The largest absolute Gasteiger partial charge is 0.296 e. The molecular formula is C20H18Br2N4O3. The standard InChI is InChI=1S/C20H18Br2N4O3/c1-10-7-14(5-6-16(10)21)25-20(27)15(13(4)24-25)9-23-19-12(3)11(2)17(22)8-18(19)26(28)29/h5-9,24H,1-4H3. The van der Waals surface area contributed by atoms with E-state index in [-0.39, 0.29) is 16.9 Å². The van der Waals surface area contributed by atoms with Gasteiger partial charge in [0.2, 0.25) is 0 Å². The number of hydrogen-bond acceptors (Lipinski definition) is 4. The molecule has 3 aromatic rings. The molecule has 0 atom stereocenters. The second-order valence-electron chi connectivity index (χ2n) is 6.72. The van der Waals surface area contributed by atoms with E-state index in [4.69, 9.17) is 0 Å². The molecule has 7 nitrogen and oxygen atoms in total. The van der Waals surface area contributed by atoms with Crippen molar-refractivity contribution in [3.8, 4) is 5.69 Å². The van der Waals surface area contributed by atoms with Crippen molar-refractivity contribution < 1.29 is 4.92 Å². The maximum absolute atomic E-state index is 12.9. The first-order valence-electron chi connectivity index (χ1n) is 8.68. The van der Waals surface area contributed by atoms with Crippen LogP contribution in [0.1, 0.15) is 27.9 Å². The fourth-order valence-electron chi connectivity index (χ4n) is 2.94. The third kappa shape index (κ3) is 3.97. The Morgan fingerprint density at radius 2 is 1.79 bits per heavy atom. The molecule has 2 aromatic carbocycles. The molecule has 1 heterocycles. The Morgan fingerprint density at radius 1 is 1.10 bits per heavy atom. The summed E-state index contributed by atoms with van der Waals surface area (Å²) in [5.41, 5.74) is 4.04. The van der Waals surface area contributed by atoms with Crippen molar-refractivity contribution in [3.63, 3.8) is 0 Å². The highest BCUT2D eigenvalue weighted by Crippen LogP contribution is 2.37. The highest BCUT2D eigenvalue weighted by atomic mass is 79.9. The minimum Gasteiger partial charge on any atom is -0.295 e. The van der Waals surface area contributed by atoms with Crippen LogP contribution in [0.2, 0.25) is 0 Å². The van der Waals surface area contributed by atoms with Gasteiger partial charge in [-0.2, -0.15) is 0 Å². The molecule has 0 radical (unpaired) electrons. The lowest BCUT2D eigenvalue weighted by Crippen LogP contribution is -2.17. The van der Waals surface area contributed by atoms with Gasteiger partial charge in [0.1, 0.15) is 5.69 Å². The van der Waals surface area contributed by atoms with Crippen molar-refractivity contribution in [2.24, 2.45) is 4.99 Å². The van der Waals surface area contributed by atoms with Crippen LogP contribution in [0.15, 0.2) is 43.0 Å². The van der Waals surface area contributed by atoms with Crippen molar-refractivity contribution in [2.45, 2.75) is 27.7 Å². The molecule has 0 fully saturated rings. The van der Waals surface area contributed by atoms with Gasteiger partial charge in [-0.3, -0.25) is 20.0 Å². The minimum absolute atomic E-state index is 0.117. The van der Waals surface area contributed by atoms with E-state index in [1.165, 1.54) is 17.0 Å². The number of aryl methyl sites for hydroxylation is 2. The summed E-state index contributed by atoms with van der Waals surface area (Å²) in [5, 5.41) is 14.5. The first kappa shape index (κ1) is 21.2. The lowest BCUT2D eigenvalue weighted by molar-refractivity contribution is -0.384. The van der Waals surface area contributed by atoms with E-state index >= 15 is 0 Å². The molecule has 29 heavy (non-hydrogen) atoms. The normalized spacial score (nSPS) is 11.4. The quantitative estimate of drug-likeness (QED) is 0.276. The predicted molar refractivity (Wildman–Crippen MR) is 121 cm³/mol. The number of H-pyrrole nitrogens is 1. The van der Waals surface area contributed by atoms with Gasteiger partial charge in [-0.25, -0.2) is 9.67 Å². The fourth-order valence-corrected chi connectivity index (χ4v) is 3.70. The van der Waals surface area contributed by atoms with E-state index in [0.29, 0.717) is 27.0 Å². The molecule has 0 bridgehead atoms. The van der Waals surface area contributed by atoms with Gasteiger partial charge in [0.05, 0.1) is 16.2 Å². The summed E-state index contributed by atoms with van der Waals surface area (Å²) in [4.78, 5) is 28.2. The van der Waals surface area contributed by atoms with E-state index in [1.807, 2.05) is 32.0 Å². The van der Waals surface area contributed by atoms with E-state index in [0.717, 1.165) is 15.6 Å². The molecule has 0 amide bonds. The van der Waals surface area contributed by atoms with E-state index in [1.54, 1.807) is 13.8 Å². The summed E-state index contributed by atoms with van der Waals surface area (Å²) in [6.07, 6.45) is 1.39. The zero-order chi connectivity index (χ0) is 21.5. The van der Waals surface area contributed by atoms with Crippen molar-refractivity contribution >= 4 is 49.4 Å². The minimum atomic E-state index is -0.475. The number of nitro benzene ring substituents is 1. The number of aliphatic imine (C=N–C) groups is 1. The second-order valence-corrected chi connectivity index (χ2v) is 8.42. The Labute approximate surface area is 183 Å². The number of benzene rings is 2. The SMILES string of the molecule is Cc1cc(-n2[nH]c(C)c(C=Nc3c([N+](=O)[O-])cc(Br)c(C)c3C)c2=O)ccc1Br. The summed E-state index contributed by atoms with van der Waals surface area (Å²) >= 11 is 6.79. The number of aromatic amines is 1. The van der Waals surface area contributed by atoms with Gasteiger partial charge in [-0.1, -0.05) is 31.9 Å². The number of nitrogens with one attached hydrogen (secondary N) is 1. The van der Waals surface area contributed by atoms with Gasteiger partial charge in [-0.15, -0.1) is 0 Å². The number of nitrogens with zero attached hydrogens (tertiary/aromatic N) is 3. The summed E-state index contributed by atoms with van der Waals surface area (Å²) in [5.74, 6) is 0. The highest BCUT2D eigenvalue weighted by Gasteiger charge is 2.20. The van der Waals surface area contributed by atoms with E-state index in [9.17, 15) is 14.9 Å². The summed E-state index contributed by atoms with van der Waals surface area (Å²) in [6, 6.07) is 7.01. The summed E-state index contributed by atoms with van der Waals surface area (Å²) < 4.78 is 3.03. The molecule has 0 unspecified atom stereocenters. The van der Waals surface area contributed by atoms with Crippen LogP contribution in [0.4, 0.5) is 11.4 Å². The predicted octanol–water partition coefficient (Wildman–Crippen LogP) is 5.58. The highest BCUT2D eigenvalue weighted by molar-refractivity contribution is 9.10. The zero-order valence-electron chi connectivity index (χ0n) is 16.2. The van der Waals surface area contributed by atoms with E-state index < -0.39 is 4.92 Å². The molecule has 0 aliphatic heterocycles. The van der Waals surface area contributed by atoms with Crippen molar-refractivity contribution in [3.05, 3.63) is 81.6 Å². The third-order valence-electron chi connectivity index (χ3n) is 4.82. The lowest BCUT2D eigenvalue weighted by atomic mass is 10.1. The smallest absolute Gasteiger partial charge is 0.295 e. The molecule has 0 spiro atoms. The number of aromatic nitrogens is 2. The maximum Gasteiger partial charge on any atom is 0.296 e. The van der Waals surface area contributed by atoms with Gasteiger partial charge in [-0.05, 0) is 62.6 Å². The van der Waals surface area contributed by atoms with Crippen molar-refractivity contribution in [1.82, 2.24) is 9.78 Å². The Balaban J connectivity index is 2.11. The van der Waals surface area contributed by atoms with Crippen molar-refractivity contribution in [2.75, 3.05) is 0 Å². The van der Waals surface area contributed by atoms with Crippen LogP contribution < -0.4 is 5.56 Å². The molecule has 1 aromatic heterocycles. The van der Waals surface area contributed by atoms with Crippen LogP contribution in [0, 0.1) is 37.8 Å². The molecule has 1 N–H and O–H groups in total. The number of nitro groups is 1. The zero-order valence-corrected chi connectivity index (χ0v) is 19.4. The van der Waals surface area contributed by atoms with Gasteiger partial charge in [0.25, 0.3) is 11.2 Å². The van der Waals surface area contributed by atoms with Crippen LogP contribution in [0.25, 0.3) is 5.69 Å². The first-order valence-corrected chi connectivity index (χ1v) is 10.3. The molecule has 0 saturated carbocycles. The van der Waals surface area contributed by atoms with Gasteiger partial charge >= 0.3 is 0 Å². The molecule has 150 valence electrons. The molecule has 0 aliphatic carbocycles. The maximum atomic E-state index is 12.9. The Kier molecular flexibility index (Phi) is 5.90. The summed E-state index contributed by atoms with van der Waals surface area (Å²) in [7, 11) is 0. The molecule has 0 aliphatic rings. The Hall–Kier alpha value is -2.52. The van der Waals surface area contributed by atoms with Crippen LogP contribution in [0.3, 0.4) is 0 Å².